The molecule has 3 aromatic rings. The largest absolute Gasteiger partial charge is 0.465 e. The Hall–Kier alpha value is -3.19. The molecular formula is C29H26Cl2O6. The van der Waals surface area contributed by atoms with E-state index in [1.54, 1.807) is 92.7 Å². The van der Waals surface area contributed by atoms with Gasteiger partial charge in [-0.05, 0) is 49.2 Å². The van der Waals surface area contributed by atoms with Gasteiger partial charge in [-0.25, -0.2) is 0 Å². The van der Waals surface area contributed by atoms with Crippen LogP contribution >= 0.6 is 23.2 Å². The molecule has 3 atom stereocenters. The van der Waals surface area contributed by atoms with Crippen LogP contribution in [0.15, 0.2) is 78.9 Å². The maximum Gasteiger partial charge on any atom is 0.327 e. The fraction of sp³-hybridized carbons (Fsp3) is 0.276. The van der Waals surface area contributed by atoms with Gasteiger partial charge in [0.1, 0.15) is 6.10 Å². The highest BCUT2D eigenvalue weighted by Crippen LogP contribution is 2.59. The summed E-state index contributed by atoms with van der Waals surface area (Å²) >= 11 is 12.2. The van der Waals surface area contributed by atoms with Crippen LogP contribution < -0.4 is 0 Å². The van der Waals surface area contributed by atoms with Crippen molar-refractivity contribution < 1.29 is 28.6 Å². The van der Waals surface area contributed by atoms with E-state index >= 15 is 0 Å². The van der Waals surface area contributed by atoms with Crippen molar-refractivity contribution in [2.45, 2.75) is 26.1 Å². The maximum absolute atomic E-state index is 14.2. The summed E-state index contributed by atoms with van der Waals surface area (Å²) in [7, 11) is 0. The minimum absolute atomic E-state index is 0.00874. The maximum atomic E-state index is 14.2. The lowest BCUT2D eigenvalue weighted by atomic mass is 9.66. The highest BCUT2D eigenvalue weighted by molar-refractivity contribution is 6.30. The number of halogens is 2. The molecule has 3 aromatic carbocycles. The summed E-state index contributed by atoms with van der Waals surface area (Å²) < 4.78 is 17.5. The van der Waals surface area contributed by atoms with Crippen LogP contribution in [-0.4, -0.2) is 30.9 Å². The van der Waals surface area contributed by atoms with E-state index in [1.807, 2.05) is 0 Å². The van der Waals surface area contributed by atoms with Crippen molar-refractivity contribution in [3.05, 3.63) is 106 Å². The molecule has 1 aliphatic rings. The van der Waals surface area contributed by atoms with E-state index in [0.29, 0.717) is 26.7 Å². The quantitative estimate of drug-likeness (QED) is 0.186. The molecule has 0 saturated carbocycles. The van der Waals surface area contributed by atoms with Crippen LogP contribution in [-0.2, 0) is 23.8 Å². The second-order valence-electron chi connectivity index (χ2n) is 8.56. The molecule has 1 fully saturated rings. The van der Waals surface area contributed by atoms with Crippen LogP contribution in [0.2, 0.25) is 10.0 Å². The molecule has 37 heavy (non-hydrogen) atoms. The summed E-state index contributed by atoms with van der Waals surface area (Å²) in [6.07, 6.45) is -2.18. The number of ketones is 1. The van der Waals surface area contributed by atoms with Crippen molar-refractivity contribution >= 4 is 40.9 Å². The van der Waals surface area contributed by atoms with Gasteiger partial charge < -0.3 is 14.2 Å². The number of hydrogen-bond acceptors (Lipinski definition) is 6. The Morgan fingerprint density at radius 3 is 1.73 bits per heavy atom. The normalized spacial score (nSPS) is 20.3. The third-order valence-electron chi connectivity index (χ3n) is 6.43. The Morgan fingerprint density at radius 1 is 0.757 bits per heavy atom. The average Bonchev–Trinajstić information content (AvgIpc) is 3.27. The fourth-order valence-electron chi connectivity index (χ4n) is 4.82. The molecule has 0 N–H and O–H groups in total. The molecule has 0 amide bonds. The third-order valence-corrected chi connectivity index (χ3v) is 6.93. The summed E-state index contributed by atoms with van der Waals surface area (Å²) in [5, 5.41) is 0.953. The molecule has 0 unspecified atom stereocenters. The molecule has 0 spiro atoms. The van der Waals surface area contributed by atoms with Gasteiger partial charge in [0.25, 0.3) is 0 Å². The van der Waals surface area contributed by atoms with Crippen molar-refractivity contribution in [2.24, 2.45) is 11.3 Å². The smallest absolute Gasteiger partial charge is 0.327 e. The Kier molecular flexibility index (Phi) is 8.32. The van der Waals surface area contributed by atoms with Crippen molar-refractivity contribution in [3.8, 4) is 0 Å². The first kappa shape index (κ1) is 26.9. The molecule has 0 aliphatic carbocycles. The van der Waals surface area contributed by atoms with Crippen LogP contribution in [0.1, 0.15) is 47.5 Å². The van der Waals surface area contributed by atoms with Crippen molar-refractivity contribution in [2.75, 3.05) is 13.2 Å². The number of hydrogen-bond donors (Lipinski definition) is 0. The van der Waals surface area contributed by atoms with Crippen LogP contribution in [0.25, 0.3) is 0 Å². The first-order valence-corrected chi connectivity index (χ1v) is 12.7. The predicted octanol–water partition coefficient (Wildman–Crippen LogP) is 6.42. The second-order valence-corrected chi connectivity index (χ2v) is 9.43. The number of Topliss-reactive ketones (excluding diaryl/α,β-unsaturated/α-hetero) is 1. The number of carbonyl (C=O) groups is 3. The molecule has 4 rings (SSSR count). The average molecular weight is 541 g/mol. The molecule has 0 radical (unpaired) electrons. The zero-order valence-corrected chi connectivity index (χ0v) is 21.9. The van der Waals surface area contributed by atoms with Gasteiger partial charge in [-0.3, -0.25) is 14.4 Å². The fourth-order valence-corrected chi connectivity index (χ4v) is 5.07. The molecule has 8 heteroatoms. The number of rotatable bonds is 8. The Bertz CT molecular complexity index is 1240. The van der Waals surface area contributed by atoms with E-state index in [2.05, 4.69) is 0 Å². The van der Waals surface area contributed by atoms with Crippen LogP contribution in [0.3, 0.4) is 0 Å². The van der Waals surface area contributed by atoms with Crippen molar-refractivity contribution in [3.63, 3.8) is 0 Å². The van der Waals surface area contributed by atoms with Gasteiger partial charge >= 0.3 is 11.9 Å². The van der Waals surface area contributed by atoms with Crippen LogP contribution in [0.4, 0.5) is 0 Å². The summed E-state index contributed by atoms with van der Waals surface area (Å²) in [4.78, 5) is 42.0. The minimum Gasteiger partial charge on any atom is -0.465 e. The summed E-state index contributed by atoms with van der Waals surface area (Å²) in [6.45, 7) is 3.25. The van der Waals surface area contributed by atoms with E-state index in [-0.39, 0.29) is 13.2 Å². The Balaban J connectivity index is 2.02. The standard InChI is InChI=1S/C29H26Cl2O6/c1-3-35-27(33)29(28(34)36-4-2)23(24(32)18-8-6-5-7-9-18)25(19-10-14-21(30)15-11-19)37-26(29)20-12-16-22(31)17-13-20/h5-17,23,25-26H,3-4H2,1-2H3/t23-,25+,26-/m1/s1. The number of carbonyl (C=O) groups excluding carboxylic acids is 3. The van der Waals surface area contributed by atoms with E-state index in [0.717, 1.165) is 0 Å². The Labute approximate surface area is 225 Å². The van der Waals surface area contributed by atoms with E-state index in [9.17, 15) is 14.4 Å². The Morgan fingerprint density at radius 2 is 1.24 bits per heavy atom. The molecule has 0 aromatic heterocycles. The zero-order chi connectivity index (χ0) is 26.6. The van der Waals surface area contributed by atoms with Crippen LogP contribution in [0, 0.1) is 11.3 Å². The molecular weight excluding hydrogens is 515 g/mol. The van der Waals surface area contributed by atoms with Gasteiger partial charge in [0.15, 0.2) is 5.78 Å². The van der Waals surface area contributed by atoms with Gasteiger partial charge in [-0.1, -0.05) is 77.8 Å². The number of benzene rings is 3. The highest BCUT2D eigenvalue weighted by Gasteiger charge is 2.70. The monoisotopic (exact) mass is 540 g/mol. The van der Waals surface area contributed by atoms with E-state index in [4.69, 9.17) is 37.4 Å². The molecule has 1 saturated heterocycles. The van der Waals surface area contributed by atoms with Crippen molar-refractivity contribution in [1.82, 2.24) is 0 Å². The van der Waals surface area contributed by atoms with E-state index < -0.39 is 41.3 Å². The van der Waals surface area contributed by atoms with Gasteiger partial charge in [-0.2, -0.15) is 0 Å². The van der Waals surface area contributed by atoms with Crippen LogP contribution in [0.5, 0.6) is 0 Å². The third kappa shape index (κ3) is 5.01. The molecule has 1 heterocycles. The van der Waals surface area contributed by atoms with Gasteiger partial charge in [-0.15, -0.1) is 0 Å². The lowest BCUT2D eigenvalue weighted by Gasteiger charge is -2.33. The van der Waals surface area contributed by atoms with Crippen molar-refractivity contribution in [1.29, 1.82) is 0 Å². The molecule has 1 aliphatic heterocycles. The topological polar surface area (TPSA) is 78.9 Å². The summed E-state index contributed by atoms with van der Waals surface area (Å²) in [6, 6.07) is 21.8. The van der Waals surface area contributed by atoms with Gasteiger partial charge in [0.05, 0.1) is 25.2 Å². The lowest BCUT2D eigenvalue weighted by molar-refractivity contribution is -0.178. The number of esters is 2. The minimum atomic E-state index is -2.13. The van der Waals surface area contributed by atoms with Gasteiger partial charge in [0.2, 0.25) is 5.41 Å². The first-order valence-electron chi connectivity index (χ1n) is 11.9. The molecule has 0 bridgehead atoms. The lowest BCUT2D eigenvalue weighted by Crippen LogP contribution is -2.51. The molecule has 6 nitrogen and oxygen atoms in total. The summed E-state index contributed by atoms with van der Waals surface area (Å²) in [5.74, 6) is -3.52. The summed E-state index contributed by atoms with van der Waals surface area (Å²) in [5.41, 5.74) is -0.748. The predicted molar refractivity (Wildman–Crippen MR) is 139 cm³/mol. The SMILES string of the molecule is CCOC(=O)C1(C(=O)OCC)[C@@H](c2ccc(Cl)cc2)O[C@@H](c2ccc(Cl)cc2)[C@H]1C(=O)c1ccccc1. The zero-order valence-electron chi connectivity index (χ0n) is 20.4. The number of ether oxygens (including phenoxy) is 3. The van der Waals surface area contributed by atoms with Gasteiger partial charge in [0, 0.05) is 15.6 Å². The first-order chi connectivity index (χ1) is 17.8. The highest BCUT2D eigenvalue weighted by atomic mass is 35.5. The second kappa shape index (κ2) is 11.5. The van der Waals surface area contributed by atoms with E-state index in [1.165, 1.54) is 0 Å². The molecule has 192 valence electrons.